The van der Waals surface area contributed by atoms with Crippen molar-refractivity contribution < 1.29 is 33.3 Å². The standard InChI is InChI=1S/C17H22O3.C14H22O3.C3H4O/c1-3-15(2)19-12-6-4-5-7-13-20-17-10-8-16(14-18)9-11-17;1-15-11-5-3-4-6-12-17-14-9-7-13(16-2)8-10-14;1-2-3-4/h3,8-11,14H,1-2,4-7,12-13H2;7-10H,3-6,11-12H2,1-2H3;2-3H,1H2. The molecular weight excluding hydrogens is 520 g/mol. The maximum Gasteiger partial charge on any atom is 0.150 e. The number of allylic oxidation sites excluding steroid dienone is 2. The first kappa shape index (κ1) is 37.2. The highest BCUT2D eigenvalue weighted by molar-refractivity contribution is 5.74. The Morgan fingerprint density at radius 3 is 1.51 bits per heavy atom. The van der Waals surface area contributed by atoms with Gasteiger partial charge in [0.1, 0.15) is 35.6 Å². The first-order valence-electron chi connectivity index (χ1n) is 14.0. The van der Waals surface area contributed by atoms with E-state index in [4.69, 9.17) is 28.5 Å². The molecule has 0 aromatic heterocycles. The van der Waals surface area contributed by atoms with Crippen molar-refractivity contribution in [2.45, 2.75) is 51.4 Å². The number of carbonyl (C=O) groups is 2. The van der Waals surface area contributed by atoms with Gasteiger partial charge in [0.2, 0.25) is 0 Å². The smallest absolute Gasteiger partial charge is 0.150 e. The largest absolute Gasteiger partial charge is 0.497 e. The van der Waals surface area contributed by atoms with E-state index in [9.17, 15) is 4.79 Å². The zero-order valence-electron chi connectivity index (χ0n) is 24.9. The van der Waals surface area contributed by atoms with E-state index in [1.165, 1.54) is 18.9 Å². The number of ether oxygens (including phenoxy) is 5. The highest BCUT2D eigenvalue weighted by atomic mass is 16.5. The van der Waals surface area contributed by atoms with Crippen molar-refractivity contribution in [3.8, 4) is 17.2 Å². The molecule has 0 fully saturated rings. The molecule has 2 aromatic rings. The van der Waals surface area contributed by atoms with Crippen LogP contribution >= 0.6 is 0 Å². The fourth-order valence-electron chi connectivity index (χ4n) is 3.22. The average molecular weight is 569 g/mol. The van der Waals surface area contributed by atoms with Crippen molar-refractivity contribution in [3.63, 3.8) is 0 Å². The lowest BCUT2D eigenvalue weighted by Gasteiger charge is -2.07. The van der Waals surface area contributed by atoms with Crippen molar-refractivity contribution in [2.75, 3.05) is 40.6 Å². The molecule has 7 heteroatoms. The van der Waals surface area contributed by atoms with E-state index >= 15 is 0 Å². The molecule has 0 aliphatic carbocycles. The predicted molar refractivity (Wildman–Crippen MR) is 166 cm³/mol. The Morgan fingerprint density at radius 2 is 1.10 bits per heavy atom. The Bertz CT molecular complexity index is 931. The molecule has 0 aliphatic rings. The molecular formula is C34H48O7. The van der Waals surface area contributed by atoms with Gasteiger partial charge in [0, 0.05) is 19.3 Å². The van der Waals surface area contributed by atoms with Crippen LogP contribution < -0.4 is 14.2 Å². The zero-order chi connectivity index (χ0) is 30.4. The minimum absolute atomic E-state index is 0.632. The fourth-order valence-corrected chi connectivity index (χ4v) is 3.22. The molecule has 2 rings (SSSR count). The summed E-state index contributed by atoms with van der Waals surface area (Å²) in [6, 6.07) is 14.8. The quantitative estimate of drug-likeness (QED) is 0.0499. The molecule has 0 spiro atoms. The third-order valence-electron chi connectivity index (χ3n) is 5.51. The number of hydrogen-bond acceptors (Lipinski definition) is 7. The van der Waals surface area contributed by atoms with Gasteiger partial charge in [0.25, 0.3) is 0 Å². The first-order valence-corrected chi connectivity index (χ1v) is 14.0. The highest BCUT2D eigenvalue weighted by Crippen LogP contribution is 2.17. The van der Waals surface area contributed by atoms with Crippen LogP contribution in [0.25, 0.3) is 0 Å². The van der Waals surface area contributed by atoms with E-state index in [0.717, 1.165) is 75.3 Å². The van der Waals surface area contributed by atoms with Gasteiger partial charge in [-0.2, -0.15) is 0 Å². The van der Waals surface area contributed by atoms with Gasteiger partial charge in [-0.25, -0.2) is 0 Å². The van der Waals surface area contributed by atoms with E-state index in [-0.39, 0.29) is 0 Å². The molecule has 0 atom stereocenters. The van der Waals surface area contributed by atoms with Crippen LogP contribution in [0.15, 0.2) is 86.2 Å². The van der Waals surface area contributed by atoms with Crippen LogP contribution in [-0.2, 0) is 14.3 Å². The van der Waals surface area contributed by atoms with Crippen LogP contribution in [0.4, 0.5) is 0 Å². The minimum Gasteiger partial charge on any atom is -0.497 e. The number of hydrogen-bond donors (Lipinski definition) is 0. The Morgan fingerprint density at radius 1 is 0.659 bits per heavy atom. The van der Waals surface area contributed by atoms with Crippen LogP contribution in [-0.4, -0.2) is 53.2 Å². The number of unbranched alkanes of at least 4 members (excludes halogenated alkanes) is 6. The van der Waals surface area contributed by atoms with Crippen molar-refractivity contribution >= 4 is 12.6 Å². The van der Waals surface area contributed by atoms with Gasteiger partial charge >= 0.3 is 0 Å². The van der Waals surface area contributed by atoms with Crippen molar-refractivity contribution in [2.24, 2.45) is 0 Å². The number of aldehydes is 2. The van der Waals surface area contributed by atoms with Gasteiger partial charge < -0.3 is 23.7 Å². The molecule has 0 saturated heterocycles. The maximum absolute atomic E-state index is 10.5. The lowest BCUT2D eigenvalue weighted by molar-refractivity contribution is -0.104. The second-order valence-electron chi connectivity index (χ2n) is 8.77. The molecule has 226 valence electrons. The van der Waals surface area contributed by atoms with E-state index in [1.807, 2.05) is 36.4 Å². The van der Waals surface area contributed by atoms with Crippen LogP contribution in [0.2, 0.25) is 0 Å². The number of rotatable bonds is 21. The molecule has 0 aliphatic heterocycles. The third-order valence-corrected chi connectivity index (χ3v) is 5.51. The summed E-state index contributed by atoms with van der Waals surface area (Å²) in [5.41, 5.74) is 0.665. The van der Waals surface area contributed by atoms with Crippen molar-refractivity contribution in [1.29, 1.82) is 0 Å². The van der Waals surface area contributed by atoms with Crippen LogP contribution in [0.5, 0.6) is 17.2 Å². The van der Waals surface area contributed by atoms with Gasteiger partial charge in [-0.1, -0.05) is 26.2 Å². The molecule has 0 amide bonds. The van der Waals surface area contributed by atoms with E-state index in [0.29, 0.717) is 30.8 Å². The second-order valence-corrected chi connectivity index (χ2v) is 8.77. The summed E-state index contributed by atoms with van der Waals surface area (Å²) in [5.74, 6) is 3.20. The summed E-state index contributed by atoms with van der Waals surface area (Å²) >= 11 is 0. The molecule has 0 radical (unpaired) electrons. The summed E-state index contributed by atoms with van der Waals surface area (Å²) in [6.07, 6.45) is 13.2. The second kappa shape index (κ2) is 27.7. The molecule has 0 N–H and O–H groups in total. The molecule has 0 saturated carbocycles. The Kier molecular flexibility index (Phi) is 25.1. The highest BCUT2D eigenvalue weighted by Gasteiger charge is 1.97. The first-order chi connectivity index (χ1) is 20.0. The number of methoxy groups -OCH3 is 2. The van der Waals surface area contributed by atoms with Crippen LogP contribution in [0.3, 0.4) is 0 Å². The predicted octanol–water partition coefficient (Wildman–Crippen LogP) is 7.81. The summed E-state index contributed by atoms with van der Waals surface area (Å²) in [4.78, 5) is 19.6. The monoisotopic (exact) mass is 568 g/mol. The molecule has 2 aromatic carbocycles. The Labute approximate surface area is 246 Å². The van der Waals surface area contributed by atoms with Gasteiger partial charge in [0.15, 0.2) is 0 Å². The lowest BCUT2D eigenvalue weighted by Crippen LogP contribution is -1.98. The normalized spacial score (nSPS) is 9.51. The van der Waals surface area contributed by atoms with Crippen LogP contribution in [0.1, 0.15) is 61.7 Å². The van der Waals surface area contributed by atoms with E-state index in [2.05, 4.69) is 19.7 Å². The van der Waals surface area contributed by atoms with Crippen molar-refractivity contribution in [3.05, 3.63) is 91.7 Å². The van der Waals surface area contributed by atoms with Gasteiger partial charge in [-0.05, 0) is 106 Å². The summed E-state index contributed by atoms with van der Waals surface area (Å²) in [6.45, 7) is 13.4. The Balaban J connectivity index is 0.000000697. The topological polar surface area (TPSA) is 80.3 Å². The maximum atomic E-state index is 10.5. The molecule has 7 nitrogen and oxygen atoms in total. The molecule has 41 heavy (non-hydrogen) atoms. The van der Waals surface area contributed by atoms with Gasteiger partial charge in [-0.15, -0.1) is 0 Å². The van der Waals surface area contributed by atoms with Gasteiger partial charge in [0.05, 0.1) is 26.9 Å². The van der Waals surface area contributed by atoms with E-state index < -0.39 is 0 Å². The average Bonchev–Trinajstić information content (AvgIpc) is 3.02. The number of carbonyl (C=O) groups excluding carboxylic acids is 2. The molecule has 0 heterocycles. The minimum atomic E-state index is 0.632. The summed E-state index contributed by atoms with van der Waals surface area (Å²) < 4.78 is 26.6. The van der Waals surface area contributed by atoms with Crippen LogP contribution in [0, 0.1) is 0 Å². The number of benzene rings is 2. The van der Waals surface area contributed by atoms with Crippen molar-refractivity contribution in [1.82, 2.24) is 0 Å². The summed E-state index contributed by atoms with van der Waals surface area (Å²) in [5, 5.41) is 0. The zero-order valence-corrected chi connectivity index (χ0v) is 24.9. The Hall–Kier alpha value is -3.84. The lowest BCUT2D eigenvalue weighted by atomic mass is 10.2. The SMILES string of the molecule is C=CC(=C)OCCCCCCOc1ccc(C=O)cc1.C=CC=O.COCCCCCCOc1ccc(OC)cc1. The molecule has 0 unspecified atom stereocenters. The third kappa shape index (κ3) is 22.7. The fraction of sp³-hybridized carbons (Fsp3) is 0.412. The summed E-state index contributed by atoms with van der Waals surface area (Å²) in [7, 11) is 3.41. The van der Waals surface area contributed by atoms with E-state index in [1.54, 1.807) is 32.4 Å². The molecule has 0 bridgehead atoms. The van der Waals surface area contributed by atoms with Gasteiger partial charge in [-0.3, -0.25) is 9.59 Å².